The molecule has 2 aromatic carbocycles. The third kappa shape index (κ3) is 4.93. The van der Waals surface area contributed by atoms with E-state index in [0.717, 1.165) is 36.6 Å². The zero-order valence-corrected chi connectivity index (χ0v) is 13.8. The van der Waals surface area contributed by atoms with Crippen molar-refractivity contribution in [1.82, 2.24) is 5.32 Å². The van der Waals surface area contributed by atoms with Crippen molar-refractivity contribution in [2.45, 2.75) is 26.5 Å². The van der Waals surface area contributed by atoms with Crippen molar-refractivity contribution in [3.8, 4) is 11.5 Å². The van der Waals surface area contributed by atoms with Crippen LogP contribution in [0.4, 0.5) is 0 Å². The molecule has 0 aliphatic rings. The summed E-state index contributed by atoms with van der Waals surface area (Å²) in [5.74, 6) is 1.49. The Labute approximate surface area is 137 Å². The second kappa shape index (κ2) is 8.66. The lowest BCUT2D eigenvalue weighted by Crippen LogP contribution is -2.13. The number of hydrogen-bond donors (Lipinski definition) is 1. The third-order valence-corrected chi connectivity index (χ3v) is 3.50. The van der Waals surface area contributed by atoms with Gasteiger partial charge in [0.2, 0.25) is 0 Å². The number of hydrogen-bond acceptors (Lipinski definition) is 3. The van der Waals surface area contributed by atoms with E-state index in [2.05, 4.69) is 18.3 Å². The maximum Gasteiger partial charge on any atom is 0.161 e. The molecule has 0 spiro atoms. The number of rotatable bonds is 8. The van der Waals surface area contributed by atoms with Gasteiger partial charge in [-0.2, -0.15) is 0 Å². The van der Waals surface area contributed by atoms with Crippen LogP contribution in [-0.4, -0.2) is 13.7 Å². The van der Waals surface area contributed by atoms with Crippen LogP contribution in [0.3, 0.4) is 0 Å². The van der Waals surface area contributed by atoms with Crippen molar-refractivity contribution in [3.63, 3.8) is 0 Å². The summed E-state index contributed by atoms with van der Waals surface area (Å²) in [5, 5.41) is 4.09. The van der Waals surface area contributed by atoms with Crippen molar-refractivity contribution in [3.05, 3.63) is 58.6 Å². The molecule has 2 aromatic rings. The molecule has 0 aliphatic heterocycles. The fraction of sp³-hybridized carbons (Fsp3) is 0.333. The third-order valence-electron chi connectivity index (χ3n) is 3.27. The highest BCUT2D eigenvalue weighted by atomic mass is 35.5. The molecule has 0 saturated carbocycles. The predicted octanol–water partition coefficient (Wildman–Crippen LogP) is 4.43. The lowest BCUT2D eigenvalue weighted by atomic mass is 10.2. The van der Waals surface area contributed by atoms with Crippen LogP contribution in [0.5, 0.6) is 11.5 Å². The molecule has 0 radical (unpaired) electrons. The molecule has 118 valence electrons. The van der Waals surface area contributed by atoms with Gasteiger partial charge in [0.15, 0.2) is 11.5 Å². The molecule has 0 amide bonds. The predicted molar refractivity (Wildman–Crippen MR) is 90.8 cm³/mol. The van der Waals surface area contributed by atoms with Crippen LogP contribution in [0.25, 0.3) is 0 Å². The zero-order chi connectivity index (χ0) is 15.8. The van der Waals surface area contributed by atoms with Crippen LogP contribution in [-0.2, 0) is 13.2 Å². The van der Waals surface area contributed by atoms with E-state index in [9.17, 15) is 0 Å². The Morgan fingerprint density at radius 1 is 1.05 bits per heavy atom. The first-order chi connectivity index (χ1) is 10.7. The van der Waals surface area contributed by atoms with Gasteiger partial charge < -0.3 is 14.8 Å². The standard InChI is InChI=1S/C18H22ClNO2/c1-3-9-20-12-14-7-8-17(18(11-14)21-2)22-13-15-5-4-6-16(19)10-15/h4-8,10-11,20H,3,9,12-13H2,1-2H3. The van der Waals surface area contributed by atoms with E-state index in [4.69, 9.17) is 21.1 Å². The largest absolute Gasteiger partial charge is 0.493 e. The minimum atomic E-state index is 0.463. The van der Waals surface area contributed by atoms with E-state index in [1.54, 1.807) is 7.11 Å². The zero-order valence-electron chi connectivity index (χ0n) is 13.1. The van der Waals surface area contributed by atoms with E-state index in [1.807, 2.05) is 36.4 Å². The molecule has 0 aliphatic carbocycles. The monoisotopic (exact) mass is 319 g/mol. The maximum atomic E-state index is 5.98. The quantitative estimate of drug-likeness (QED) is 0.730. The summed E-state index contributed by atoms with van der Waals surface area (Å²) in [5.41, 5.74) is 2.21. The molecule has 3 nitrogen and oxygen atoms in total. The number of methoxy groups -OCH3 is 1. The highest BCUT2D eigenvalue weighted by Crippen LogP contribution is 2.29. The second-order valence-corrected chi connectivity index (χ2v) is 5.52. The van der Waals surface area contributed by atoms with E-state index >= 15 is 0 Å². The molecule has 22 heavy (non-hydrogen) atoms. The first-order valence-electron chi connectivity index (χ1n) is 7.47. The molecular formula is C18H22ClNO2. The fourth-order valence-corrected chi connectivity index (χ4v) is 2.35. The topological polar surface area (TPSA) is 30.5 Å². The van der Waals surface area contributed by atoms with Gasteiger partial charge in [-0.05, 0) is 48.4 Å². The summed E-state index contributed by atoms with van der Waals surface area (Å²) in [6.07, 6.45) is 1.12. The van der Waals surface area contributed by atoms with Gasteiger partial charge in [0.1, 0.15) is 6.61 Å². The highest BCUT2D eigenvalue weighted by molar-refractivity contribution is 6.30. The number of halogens is 1. The Balaban J connectivity index is 2.01. The molecule has 0 bridgehead atoms. The normalized spacial score (nSPS) is 10.5. The number of nitrogens with one attached hydrogen (secondary N) is 1. The van der Waals surface area contributed by atoms with Crippen molar-refractivity contribution < 1.29 is 9.47 Å². The Bertz CT molecular complexity index is 601. The molecule has 0 heterocycles. The molecule has 4 heteroatoms. The summed E-state index contributed by atoms with van der Waals surface area (Å²) in [6, 6.07) is 13.7. The van der Waals surface area contributed by atoms with Crippen molar-refractivity contribution in [1.29, 1.82) is 0 Å². The van der Waals surface area contributed by atoms with Crippen LogP contribution < -0.4 is 14.8 Å². The van der Waals surface area contributed by atoms with Crippen molar-refractivity contribution >= 4 is 11.6 Å². The van der Waals surface area contributed by atoms with Crippen LogP contribution in [0, 0.1) is 0 Å². The maximum absolute atomic E-state index is 5.98. The van der Waals surface area contributed by atoms with Crippen LogP contribution in [0.1, 0.15) is 24.5 Å². The van der Waals surface area contributed by atoms with Gasteiger partial charge in [-0.15, -0.1) is 0 Å². The average Bonchev–Trinajstić information content (AvgIpc) is 2.53. The minimum absolute atomic E-state index is 0.463. The lowest BCUT2D eigenvalue weighted by Gasteiger charge is -2.13. The van der Waals surface area contributed by atoms with Gasteiger partial charge in [0.25, 0.3) is 0 Å². The van der Waals surface area contributed by atoms with Gasteiger partial charge in [0.05, 0.1) is 7.11 Å². The molecule has 0 atom stereocenters. The highest BCUT2D eigenvalue weighted by Gasteiger charge is 2.06. The first kappa shape index (κ1) is 16.7. The Kier molecular flexibility index (Phi) is 6.56. The molecule has 0 unspecified atom stereocenters. The van der Waals surface area contributed by atoms with Crippen LogP contribution >= 0.6 is 11.6 Å². The minimum Gasteiger partial charge on any atom is -0.493 e. The molecule has 1 N–H and O–H groups in total. The van der Waals surface area contributed by atoms with Gasteiger partial charge >= 0.3 is 0 Å². The van der Waals surface area contributed by atoms with Crippen molar-refractivity contribution in [2.24, 2.45) is 0 Å². The summed E-state index contributed by atoms with van der Waals surface area (Å²) < 4.78 is 11.3. The van der Waals surface area contributed by atoms with Gasteiger partial charge in [-0.25, -0.2) is 0 Å². The summed E-state index contributed by atoms with van der Waals surface area (Å²) >= 11 is 5.98. The summed E-state index contributed by atoms with van der Waals surface area (Å²) in [6.45, 7) is 4.46. The number of benzene rings is 2. The van der Waals surface area contributed by atoms with Gasteiger partial charge in [0, 0.05) is 11.6 Å². The van der Waals surface area contributed by atoms with Crippen LogP contribution in [0.2, 0.25) is 5.02 Å². The Morgan fingerprint density at radius 3 is 2.64 bits per heavy atom. The summed E-state index contributed by atoms with van der Waals surface area (Å²) in [7, 11) is 1.66. The lowest BCUT2D eigenvalue weighted by molar-refractivity contribution is 0.284. The van der Waals surface area contributed by atoms with E-state index in [-0.39, 0.29) is 0 Å². The van der Waals surface area contributed by atoms with Crippen LogP contribution in [0.15, 0.2) is 42.5 Å². The summed E-state index contributed by atoms with van der Waals surface area (Å²) in [4.78, 5) is 0. The second-order valence-electron chi connectivity index (χ2n) is 5.08. The van der Waals surface area contributed by atoms with E-state index < -0.39 is 0 Å². The number of ether oxygens (including phenoxy) is 2. The molecule has 0 aromatic heterocycles. The van der Waals surface area contributed by atoms with Gasteiger partial charge in [-0.1, -0.05) is 36.7 Å². The Hall–Kier alpha value is -1.71. The molecule has 2 rings (SSSR count). The van der Waals surface area contributed by atoms with Crippen molar-refractivity contribution in [2.75, 3.05) is 13.7 Å². The average molecular weight is 320 g/mol. The fourth-order valence-electron chi connectivity index (χ4n) is 2.14. The smallest absolute Gasteiger partial charge is 0.161 e. The molecule has 0 fully saturated rings. The Morgan fingerprint density at radius 2 is 1.91 bits per heavy atom. The molecule has 0 saturated heterocycles. The van der Waals surface area contributed by atoms with E-state index in [1.165, 1.54) is 5.56 Å². The first-order valence-corrected chi connectivity index (χ1v) is 7.85. The van der Waals surface area contributed by atoms with E-state index in [0.29, 0.717) is 11.6 Å². The molecular weight excluding hydrogens is 298 g/mol. The SMILES string of the molecule is CCCNCc1ccc(OCc2cccc(Cl)c2)c(OC)c1. The van der Waals surface area contributed by atoms with Gasteiger partial charge in [-0.3, -0.25) is 0 Å².